The molecule has 2 aliphatic rings. The third-order valence-corrected chi connectivity index (χ3v) is 7.11. The fraction of sp³-hybridized carbons (Fsp3) is 0.296. The molecule has 0 fully saturated rings. The summed E-state index contributed by atoms with van der Waals surface area (Å²) >= 11 is 0. The molecule has 0 amide bonds. The minimum absolute atomic E-state index is 0.00975. The molecule has 2 aromatic heterocycles. The fourth-order valence-electron chi connectivity index (χ4n) is 5.03. The first kappa shape index (κ1) is 24.2. The predicted molar refractivity (Wildman–Crippen MR) is 133 cm³/mol. The molecule has 10 nitrogen and oxygen atoms in total. The van der Waals surface area contributed by atoms with E-state index < -0.39 is 28.5 Å². The van der Waals surface area contributed by atoms with Gasteiger partial charge in [-0.05, 0) is 46.2 Å². The Labute approximate surface area is 212 Å². The van der Waals surface area contributed by atoms with Gasteiger partial charge in [-0.3, -0.25) is 18.8 Å². The Balaban J connectivity index is 1.43. The van der Waals surface area contributed by atoms with E-state index in [1.54, 1.807) is 13.8 Å². The van der Waals surface area contributed by atoms with Crippen molar-refractivity contribution in [3.05, 3.63) is 70.0 Å². The highest BCUT2D eigenvalue weighted by molar-refractivity contribution is 6.31. The zero-order valence-electron chi connectivity index (χ0n) is 20.9. The zero-order chi connectivity index (χ0) is 26.6. The van der Waals surface area contributed by atoms with Crippen LogP contribution in [0.2, 0.25) is 0 Å². The molecule has 0 saturated carbocycles. The van der Waals surface area contributed by atoms with Crippen molar-refractivity contribution in [3.8, 4) is 17.2 Å². The first-order valence-electron chi connectivity index (χ1n) is 11.9. The number of carbonyl (C=O) groups is 3. The highest BCUT2D eigenvalue weighted by Crippen LogP contribution is 2.57. The molecule has 0 saturated heterocycles. The van der Waals surface area contributed by atoms with E-state index in [9.17, 15) is 24.6 Å². The third kappa shape index (κ3) is 3.51. The number of aryl methyl sites for hydroxylation is 1. The summed E-state index contributed by atoms with van der Waals surface area (Å²) in [5.74, 6) is -1.64. The second-order valence-corrected chi connectivity index (χ2v) is 9.46. The number of allylic oxidation sites excluding steroid dienone is 4. The number of fused-ring (bicyclic) bond motifs is 4. The lowest BCUT2D eigenvalue weighted by Gasteiger charge is -2.29. The van der Waals surface area contributed by atoms with Crippen molar-refractivity contribution in [1.29, 1.82) is 0 Å². The van der Waals surface area contributed by atoms with E-state index in [1.807, 2.05) is 28.8 Å². The van der Waals surface area contributed by atoms with Crippen molar-refractivity contribution in [2.24, 2.45) is 0 Å². The number of hydrogen-bond acceptors (Lipinski definition) is 9. The number of Topliss-reactive ketones (excluding diaryl/α,β-unsaturated/α-hetero) is 2. The molecule has 10 heteroatoms. The van der Waals surface area contributed by atoms with Crippen molar-refractivity contribution < 1.29 is 29.3 Å². The molecule has 0 spiro atoms. The second-order valence-electron chi connectivity index (χ2n) is 9.46. The van der Waals surface area contributed by atoms with Crippen LogP contribution >= 0.6 is 0 Å². The number of ketones is 3. The number of aromatic hydroxyl groups is 2. The number of ether oxygens (including phenoxy) is 1. The van der Waals surface area contributed by atoms with Gasteiger partial charge in [0.05, 0.1) is 11.1 Å². The number of aromatic nitrogens is 3. The summed E-state index contributed by atoms with van der Waals surface area (Å²) in [4.78, 5) is 39.1. The molecule has 1 aliphatic heterocycles. The van der Waals surface area contributed by atoms with Gasteiger partial charge in [0.1, 0.15) is 39.8 Å². The van der Waals surface area contributed by atoms with Crippen LogP contribution in [0.3, 0.4) is 0 Å². The predicted octanol–water partition coefficient (Wildman–Crippen LogP) is 2.83. The highest BCUT2D eigenvalue weighted by Gasteiger charge is 2.56. The number of nitrogens with one attached hydrogen (secondary N) is 1. The molecule has 1 atom stereocenters. The van der Waals surface area contributed by atoms with Gasteiger partial charge in [-0.25, -0.2) is 0 Å². The standard InChI is InChI=1S/C27H26N4O6/c1-13-23(34)21(15(3)32)25-22(24(13)35)27(4)17(37-25)12-16(33)20(26(27)36)14(2)28-10-7-9-19-30-29-18-8-5-6-11-31(18)19/h5-6,8,11-12,28,34-35H,7,9-10H2,1-4H3/b20-14+/t27-/m0/s1. The van der Waals surface area contributed by atoms with Gasteiger partial charge in [0.2, 0.25) is 0 Å². The summed E-state index contributed by atoms with van der Waals surface area (Å²) in [6.07, 6.45) is 4.41. The van der Waals surface area contributed by atoms with Crippen molar-refractivity contribution >= 4 is 23.0 Å². The molecule has 0 bridgehead atoms. The van der Waals surface area contributed by atoms with Gasteiger partial charge in [-0.1, -0.05) is 6.07 Å². The largest absolute Gasteiger partial charge is 0.507 e. The van der Waals surface area contributed by atoms with Crippen LogP contribution in [0.5, 0.6) is 17.2 Å². The molecule has 1 aromatic carbocycles. The molecular weight excluding hydrogens is 476 g/mol. The Bertz CT molecular complexity index is 1580. The minimum Gasteiger partial charge on any atom is -0.507 e. The second kappa shape index (κ2) is 8.58. The number of pyridine rings is 1. The Morgan fingerprint density at radius 1 is 1.16 bits per heavy atom. The minimum atomic E-state index is -1.53. The van der Waals surface area contributed by atoms with E-state index in [1.165, 1.54) is 19.9 Å². The number of rotatable bonds is 6. The summed E-state index contributed by atoms with van der Waals surface area (Å²) in [6, 6.07) is 5.67. The molecule has 3 N–H and O–H groups in total. The van der Waals surface area contributed by atoms with Crippen LogP contribution in [0.25, 0.3) is 5.65 Å². The van der Waals surface area contributed by atoms with Crippen molar-refractivity contribution in [2.75, 3.05) is 6.54 Å². The van der Waals surface area contributed by atoms with Gasteiger partial charge >= 0.3 is 0 Å². The maximum Gasteiger partial charge on any atom is 0.194 e. The van der Waals surface area contributed by atoms with Gasteiger partial charge in [-0.2, -0.15) is 0 Å². The van der Waals surface area contributed by atoms with Gasteiger partial charge in [0, 0.05) is 36.5 Å². The summed E-state index contributed by atoms with van der Waals surface area (Å²) in [5.41, 5.74) is -0.436. The van der Waals surface area contributed by atoms with Crippen molar-refractivity contribution in [3.63, 3.8) is 0 Å². The molecule has 0 unspecified atom stereocenters. The topological polar surface area (TPSA) is 143 Å². The monoisotopic (exact) mass is 502 g/mol. The zero-order valence-corrected chi connectivity index (χ0v) is 20.9. The molecule has 37 heavy (non-hydrogen) atoms. The SMILES string of the molecule is CC(=O)c1c(O)c(C)c(O)c2c1OC1=CC(=O)/C(=C(/C)NCCCc3nnc4ccccn34)C(=O)[C@@]12C. The number of phenolic OH excluding ortho intramolecular Hbond substituents is 2. The number of phenols is 2. The van der Waals surface area contributed by atoms with E-state index in [4.69, 9.17) is 4.74 Å². The Morgan fingerprint density at radius 3 is 2.65 bits per heavy atom. The van der Waals surface area contributed by atoms with E-state index in [-0.39, 0.29) is 39.5 Å². The average molecular weight is 503 g/mol. The van der Waals surface area contributed by atoms with Crippen LogP contribution in [0.1, 0.15) is 54.5 Å². The Morgan fingerprint density at radius 2 is 1.92 bits per heavy atom. The third-order valence-electron chi connectivity index (χ3n) is 7.11. The van der Waals surface area contributed by atoms with E-state index >= 15 is 0 Å². The number of nitrogens with zero attached hydrogens (tertiary/aromatic N) is 3. The summed E-state index contributed by atoms with van der Waals surface area (Å²) in [6.45, 7) is 6.37. The maximum atomic E-state index is 13.8. The van der Waals surface area contributed by atoms with Gasteiger partial charge in [0.25, 0.3) is 0 Å². The smallest absolute Gasteiger partial charge is 0.194 e. The van der Waals surface area contributed by atoms with Gasteiger partial charge in [-0.15, -0.1) is 10.2 Å². The average Bonchev–Trinajstić information content (AvgIpc) is 3.39. The molecular formula is C27H26N4O6. The van der Waals surface area contributed by atoms with Crippen LogP contribution < -0.4 is 10.1 Å². The van der Waals surface area contributed by atoms with E-state index in [0.717, 1.165) is 11.5 Å². The number of benzene rings is 1. The number of hydrogen-bond donors (Lipinski definition) is 3. The molecule has 1 aliphatic carbocycles. The van der Waals surface area contributed by atoms with Gasteiger partial charge in [0.15, 0.2) is 23.0 Å². The van der Waals surface area contributed by atoms with Crippen LogP contribution in [0, 0.1) is 6.92 Å². The lowest BCUT2D eigenvalue weighted by atomic mass is 9.70. The normalized spacial score (nSPS) is 19.8. The summed E-state index contributed by atoms with van der Waals surface area (Å²) < 4.78 is 7.70. The Hall–Kier alpha value is -4.47. The first-order chi connectivity index (χ1) is 17.6. The maximum absolute atomic E-state index is 13.8. The van der Waals surface area contributed by atoms with Crippen LogP contribution in [-0.4, -0.2) is 48.7 Å². The number of carbonyl (C=O) groups excluding carboxylic acids is 3. The van der Waals surface area contributed by atoms with E-state index in [2.05, 4.69) is 15.5 Å². The molecule has 3 heterocycles. The molecule has 5 rings (SSSR count). The lowest BCUT2D eigenvalue weighted by molar-refractivity contribution is -0.123. The van der Waals surface area contributed by atoms with Crippen LogP contribution in [-0.2, 0) is 21.4 Å². The summed E-state index contributed by atoms with van der Waals surface area (Å²) in [5, 5.41) is 32.9. The van der Waals surface area contributed by atoms with Crippen LogP contribution in [0.4, 0.5) is 0 Å². The quantitative estimate of drug-likeness (QED) is 0.201. The Kier molecular flexibility index (Phi) is 5.62. The summed E-state index contributed by atoms with van der Waals surface area (Å²) in [7, 11) is 0. The van der Waals surface area contributed by atoms with Crippen molar-refractivity contribution in [1.82, 2.24) is 19.9 Å². The molecule has 190 valence electrons. The fourth-order valence-corrected chi connectivity index (χ4v) is 5.03. The van der Waals surface area contributed by atoms with Crippen LogP contribution in [0.15, 0.2) is 47.5 Å². The molecule has 3 aromatic rings. The highest BCUT2D eigenvalue weighted by atomic mass is 16.5. The van der Waals surface area contributed by atoms with E-state index in [0.29, 0.717) is 25.1 Å². The molecule has 0 radical (unpaired) electrons. The van der Waals surface area contributed by atoms with Crippen molar-refractivity contribution in [2.45, 2.75) is 46.0 Å². The first-order valence-corrected chi connectivity index (χ1v) is 11.9. The lowest BCUT2D eigenvalue weighted by Crippen LogP contribution is -2.41. The van der Waals surface area contributed by atoms with Gasteiger partial charge < -0.3 is 20.3 Å².